The van der Waals surface area contributed by atoms with Crippen LogP contribution in [0.3, 0.4) is 0 Å². The van der Waals surface area contributed by atoms with Crippen LogP contribution in [-0.2, 0) is 6.42 Å². The second-order valence-corrected chi connectivity index (χ2v) is 6.54. The van der Waals surface area contributed by atoms with Gasteiger partial charge < -0.3 is 5.32 Å². The van der Waals surface area contributed by atoms with E-state index in [4.69, 9.17) is 0 Å². The maximum absolute atomic E-state index is 3.85. The molecule has 1 aromatic carbocycles. The molecule has 0 amide bonds. The van der Waals surface area contributed by atoms with E-state index >= 15 is 0 Å². The molecule has 98 valence electrons. The third-order valence-electron chi connectivity index (χ3n) is 4.97. The lowest BCUT2D eigenvalue weighted by atomic mass is 9.75. The van der Waals surface area contributed by atoms with Gasteiger partial charge in [0.2, 0.25) is 0 Å². The molecule has 1 fully saturated rings. The zero-order valence-corrected chi connectivity index (χ0v) is 11.5. The minimum atomic E-state index is 0.551. The molecule has 0 heterocycles. The molecule has 1 atom stereocenters. The molecular formula is C17H25N. The summed E-state index contributed by atoms with van der Waals surface area (Å²) in [5.41, 5.74) is 3.66. The van der Waals surface area contributed by atoms with Gasteiger partial charge in [-0.15, -0.1) is 0 Å². The zero-order chi connectivity index (χ0) is 12.4. The number of benzene rings is 1. The Balaban J connectivity index is 1.61. The molecule has 0 saturated heterocycles. The highest BCUT2D eigenvalue weighted by Crippen LogP contribution is 2.37. The molecule has 1 unspecified atom stereocenters. The third kappa shape index (κ3) is 2.47. The molecule has 2 aliphatic rings. The molecule has 1 aromatic rings. The first-order valence-electron chi connectivity index (χ1n) is 7.58. The lowest BCUT2D eigenvalue weighted by Crippen LogP contribution is -2.35. The monoisotopic (exact) mass is 243 g/mol. The normalized spacial score (nSPS) is 25.9. The molecule has 1 saturated carbocycles. The first-order chi connectivity index (χ1) is 8.77. The van der Waals surface area contributed by atoms with Crippen molar-refractivity contribution in [3.05, 3.63) is 35.4 Å². The molecule has 1 heteroatoms. The quantitative estimate of drug-likeness (QED) is 0.837. The van der Waals surface area contributed by atoms with Crippen LogP contribution in [0, 0.1) is 5.41 Å². The van der Waals surface area contributed by atoms with Crippen LogP contribution in [0.1, 0.15) is 62.6 Å². The number of aryl methyl sites for hydroxylation is 1. The van der Waals surface area contributed by atoms with E-state index in [1.165, 1.54) is 51.5 Å². The lowest BCUT2D eigenvalue weighted by molar-refractivity contribution is 0.200. The summed E-state index contributed by atoms with van der Waals surface area (Å²) in [5.74, 6) is 0. The summed E-state index contributed by atoms with van der Waals surface area (Å²) in [6.07, 6.45) is 9.67. The number of hydrogen-bond acceptors (Lipinski definition) is 1. The van der Waals surface area contributed by atoms with Crippen molar-refractivity contribution in [3.63, 3.8) is 0 Å². The second-order valence-electron chi connectivity index (χ2n) is 6.54. The van der Waals surface area contributed by atoms with Crippen molar-refractivity contribution in [2.45, 2.75) is 57.9 Å². The van der Waals surface area contributed by atoms with E-state index in [9.17, 15) is 0 Å². The Kier molecular flexibility index (Phi) is 3.43. The Labute approximate surface area is 111 Å². The molecule has 1 nitrogen and oxygen atoms in total. The van der Waals surface area contributed by atoms with E-state index in [2.05, 4.69) is 36.5 Å². The second kappa shape index (κ2) is 5.05. The van der Waals surface area contributed by atoms with Gasteiger partial charge >= 0.3 is 0 Å². The summed E-state index contributed by atoms with van der Waals surface area (Å²) >= 11 is 0. The molecule has 18 heavy (non-hydrogen) atoms. The van der Waals surface area contributed by atoms with Crippen LogP contribution >= 0.6 is 0 Å². The molecule has 0 aliphatic heterocycles. The van der Waals surface area contributed by atoms with E-state index in [0.29, 0.717) is 11.5 Å². The van der Waals surface area contributed by atoms with Crippen molar-refractivity contribution in [1.82, 2.24) is 5.32 Å². The summed E-state index contributed by atoms with van der Waals surface area (Å²) in [6.45, 7) is 3.67. The molecule has 0 bridgehead atoms. The Morgan fingerprint density at radius 1 is 1.17 bits per heavy atom. The van der Waals surface area contributed by atoms with Crippen molar-refractivity contribution in [2.24, 2.45) is 5.41 Å². The fourth-order valence-corrected chi connectivity index (χ4v) is 3.72. The predicted molar refractivity (Wildman–Crippen MR) is 76.7 cm³/mol. The van der Waals surface area contributed by atoms with E-state index in [1.54, 1.807) is 11.1 Å². The molecule has 3 rings (SSSR count). The fraction of sp³-hybridized carbons (Fsp3) is 0.647. The predicted octanol–water partition coefficient (Wildman–Crippen LogP) is 4.23. The number of hydrogen-bond donors (Lipinski definition) is 1. The minimum Gasteiger partial charge on any atom is -0.309 e. The topological polar surface area (TPSA) is 12.0 Å². The van der Waals surface area contributed by atoms with Gasteiger partial charge in [-0.05, 0) is 42.2 Å². The van der Waals surface area contributed by atoms with Crippen LogP contribution in [-0.4, -0.2) is 6.54 Å². The highest BCUT2D eigenvalue weighted by molar-refractivity contribution is 5.34. The van der Waals surface area contributed by atoms with Gasteiger partial charge in [0.05, 0.1) is 0 Å². The summed E-state index contributed by atoms with van der Waals surface area (Å²) < 4.78 is 0. The maximum Gasteiger partial charge on any atom is 0.0326 e. The van der Waals surface area contributed by atoms with Crippen molar-refractivity contribution in [2.75, 3.05) is 6.54 Å². The highest BCUT2D eigenvalue weighted by Gasteiger charge is 2.29. The van der Waals surface area contributed by atoms with Crippen molar-refractivity contribution in [3.8, 4) is 0 Å². The average molecular weight is 243 g/mol. The lowest BCUT2D eigenvalue weighted by Gasteiger charge is -2.35. The number of rotatable bonds is 3. The Bertz CT molecular complexity index is 404. The van der Waals surface area contributed by atoms with Crippen molar-refractivity contribution in [1.29, 1.82) is 0 Å². The van der Waals surface area contributed by atoms with Gasteiger partial charge in [0, 0.05) is 12.6 Å². The maximum atomic E-state index is 3.85. The largest absolute Gasteiger partial charge is 0.309 e. The summed E-state index contributed by atoms with van der Waals surface area (Å²) in [7, 11) is 0. The van der Waals surface area contributed by atoms with E-state index in [1.807, 2.05) is 0 Å². The average Bonchev–Trinajstić information content (AvgIpc) is 2.81. The van der Waals surface area contributed by atoms with Gasteiger partial charge in [0.15, 0.2) is 0 Å². The molecular weight excluding hydrogens is 218 g/mol. The van der Waals surface area contributed by atoms with Gasteiger partial charge in [-0.1, -0.05) is 50.5 Å². The molecule has 0 radical (unpaired) electrons. The summed E-state index contributed by atoms with van der Waals surface area (Å²) in [6, 6.07) is 9.56. The van der Waals surface area contributed by atoms with Crippen LogP contribution in [0.5, 0.6) is 0 Å². The van der Waals surface area contributed by atoms with Gasteiger partial charge in [0.25, 0.3) is 0 Å². The van der Waals surface area contributed by atoms with Crippen LogP contribution in [0.25, 0.3) is 0 Å². The van der Waals surface area contributed by atoms with Crippen LogP contribution in [0.4, 0.5) is 0 Å². The first kappa shape index (κ1) is 12.2. The molecule has 1 N–H and O–H groups in total. The van der Waals surface area contributed by atoms with Crippen LogP contribution in [0.15, 0.2) is 24.3 Å². The summed E-state index contributed by atoms with van der Waals surface area (Å²) in [5, 5.41) is 3.85. The molecule has 0 aromatic heterocycles. The van der Waals surface area contributed by atoms with E-state index in [-0.39, 0.29) is 0 Å². The molecule has 2 aliphatic carbocycles. The van der Waals surface area contributed by atoms with Crippen LogP contribution < -0.4 is 5.32 Å². The smallest absolute Gasteiger partial charge is 0.0326 e. The van der Waals surface area contributed by atoms with Gasteiger partial charge in [0.1, 0.15) is 0 Å². The Hall–Kier alpha value is -0.820. The first-order valence-corrected chi connectivity index (χ1v) is 7.58. The SMILES string of the molecule is CC1(CNC2CCc3ccccc32)CCCCC1. The van der Waals surface area contributed by atoms with Crippen molar-refractivity contribution >= 4 is 0 Å². The zero-order valence-electron chi connectivity index (χ0n) is 11.5. The number of nitrogens with one attached hydrogen (secondary N) is 1. The Morgan fingerprint density at radius 2 is 1.94 bits per heavy atom. The summed E-state index contributed by atoms with van der Waals surface area (Å²) in [4.78, 5) is 0. The number of fused-ring (bicyclic) bond motifs is 1. The standard InChI is InChI=1S/C17H25N/c1-17(11-5-2-6-12-17)13-18-16-10-9-14-7-3-4-8-15(14)16/h3-4,7-8,16,18H,2,5-6,9-13H2,1H3. The van der Waals surface area contributed by atoms with Crippen LogP contribution in [0.2, 0.25) is 0 Å². The van der Waals surface area contributed by atoms with E-state index in [0.717, 1.165) is 0 Å². The van der Waals surface area contributed by atoms with Gasteiger partial charge in [-0.3, -0.25) is 0 Å². The fourth-order valence-electron chi connectivity index (χ4n) is 3.72. The Morgan fingerprint density at radius 3 is 2.78 bits per heavy atom. The third-order valence-corrected chi connectivity index (χ3v) is 4.97. The molecule has 0 spiro atoms. The van der Waals surface area contributed by atoms with Crippen molar-refractivity contribution < 1.29 is 0 Å². The van der Waals surface area contributed by atoms with Gasteiger partial charge in [-0.2, -0.15) is 0 Å². The minimum absolute atomic E-state index is 0.551. The van der Waals surface area contributed by atoms with E-state index < -0.39 is 0 Å². The highest BCUT2D eigenvalue weighted by atomic mass is 14.9. The van der Waals surface area contributed by atoms with Gasteiger partial charge in [-0.25, -0.2) is 0 Å².